The van der Waals surface area contributed by atoms with Gasteiger partial charge in [0.1, 0.15) is 0 Å². The minimum absolute atomic E-state index is 0.426. The van der Waals surface area contributed by atoms with Crippen molar-refractivity contribution in [3.05, 3.63) is 35.7 Å². The largest absolute Gasteiger partial charge is 0.490 e. The topological polar surface area (TPSA) is 160 Å². The summed E-state index contributed by atoms with van der Waals surface area (Å²) < 4.78 is 106. The van der Waals surface area contributed by atoms with Crippen LogP contribution in [0.5, 0.6) is 0 Å². The lowest BCUT2D eigenvalue weighted by Gasteiger charge is -2.33. The van der Waals surface area contributed by atoms with Gasteiger partial charge in [-0.1, -0.05) is 0 Å². The number of imidazole rings is 1. The van der Waals surface area contributed by atoms with Gasteiger partial charge in [0.05, 0.1) is 24.8 Å². The van der Waals surface area contributed by atoms with E-state index in [0.29, 0.717) is 5.92 Å². The van der Waals surface area contributed by atoms with Gasteiger partial charge in [0, 0.05) is 63.2 Å². The number of aromatic nitrogens is 4. The summed E-state index contributed by atoms with van der Waals surface area (Å²) in [6, 6.07) is 0. The summed E-state index contributed by atoms with van der Waals surface area (Å²) in [6.07, 6.45) is -3.64. The number of ether oxygens (including phenoxy) is 1. The molecule has 0 radical (unpaired) electrons. The first-order valence-electron chi connectivity index (χ1n) is 13.8. The molecule has 1 aliphatic heterocycles. The Labute approximate surface area is 260 Å². The van der Waals surface area contributed by atoms with Crippen molar-refractivity contribution in [1.82, 2.24) is 24.2 Å². The fourth-order valence-electron chi connectivity index (χ4n) is 4.15. The highest BCUT2D eigenvalue weighted by Crippen LogP contribution is 2.35. The number of rotatable bonds is 8. The summed E-state index contributed by atoms with van der Waals surface area (Å²) in [4.78, 5) is 34.0. The number of fused-ring (bicyclic) bond motifs is 1. The molecule has 266 valence electrons. The Morgan fingerprint density at radius 2 is 1.34 bits per heavy atom. The van der Waals surface area contributed by atoms with Crippen molar-refractivity contribution < 1.29 is 74.0 Å². The van der Waals surface area contributed by atoms with E-state index in [0.717, 1.165) is 51.2 Å². The lowest BCUT2D eigenvalue weighted by molar-refractivity contribution is -0.193. The molecule has 1 unspecified atom stereocenters. The fraction of sp³-hybridized carbons (Fsp3) is 0.654. The summed E-state index contributed by atoms with van der Waals surface area (Å²) in [7, 11) is 1.98. The third-order valence-electron chi connectivity index (χ3n) is 6.61. The van der Waals surface area contributed by atoms with Crippen molar-refractivity contribution in [3.63, 3.8) is 0 Å². The summed E-state index contributed by atoms with van der Waals surface area (Å²) in [5.41, 5.74) is 3.96. The molecule has 5 rings (SSSR count). The van der Waals surface area contributed by atoms with Crippen LogP contribution in [0.3, 0.4) is 0 Å². The van der Waals surface area contributed by atoms with Crippen LogP contribution in [0.2, 0.25) is 0 Å². The molecular weight excluding hydrogens is 665 g/mol. The second kappa shape index (κ2) is 16.3. The number of nitrogens with zero attached hydrogens (tertiary/aromatic N) is 5. The van der Waals surface area contributed by atoms with Gasteiger partial charge in [-0.15, -0.1) is 0 Å². The highest BCUT2D eigenvalue weighted by Gasteiger charge is 2.39. The van der Waals surface area contributed by atoms with E-state index in [1.807, 2.05) is 17.9 Å². The van der Waals surface area contributed by atoms with Gasteiger partial charge < -0.3 is 24.6 Å². The van der Waals surface area contributed by atoms with Gasteiger partial charge in [-0.2, -0.15) is 44.6 Å². The minimum atomic E-state index is -5.08. The number of halogens is 9. The van der Waals surface area contributed by atoms with Crippen LogP contribution < -0.4 is 0 Å². The highest BCUT2D eigenvalue weighted by molar-refractivity contribution is 5.73. The molecule has 2 aliphatic carbocycles. The predicted molar refractivity (Wildman–Crippen MR) is 140 cm³/mol. The molecule has 47 heavy (non-hydrogen) atoms. The van der Waals surface area contributed by atoms with Crippen LogP contribution >= 0.6 is 0 Å². The van der Waals surface area contributed by atoms with Crippen molar-refractivity contribution in [2.24, 2.45) is 18.9 Å². The number of carboxylic acid groups (broad SMARTS) is 3. The van der Waals surface area contributed by atoms with E-state index in [4.69, 9.17) is 39.4 Å². The first kappa shape index (κ1) is 39.3. The summed E-state index contributed by atoms with van der Waals surface area (Å²) in [5, 5.41) is 25.7. The van der Waals surface area contributed by atoms with E-state index in [2.05, 4.69) is 27.1 Å². The number of hydrogen-bond donors (Lipinski definition) is 3. The Balaban J connectivity index is 0.000000301. The van der Waals surface area contributed by atoms with Gasteiger partial charge in [-0.05, 0) is 37.5 Å². The van der Waals surface area contributed by atoms with Crippen molar-refractivity contribution in [3.8, 4) is 0 Å². The maximum Gasteiger partial charge on any atom is 0.490 e. The minimum Gasteiger partial charge on any atom is -0.475 e. The molecule has 2 aromatic heterocycles. The van der Waals surface area contributed by atoms with Crippen molar-refractivity contribution >= 4 is 17.9 Å². The molecular formula is C26H32F9N5O7. The third kappa shape index (κ3) is 14.6. The van der Waals surface area contributed by atoms with E-state index in [1.54, 1.807) is 0 Å². The molecule has 0 spiro atoms. The van der Waals surface area contributed by atoms with Crippen LogP contribution in [0.15, 0.2) is 18.7 Å². The molecule has 2 fully saturated rings. The van der Waals surface area contributed by atoms with Gasteiger partial charge in [0.15, 0.2) is 0 Å². The zero-order valence-electron chi connectivity index (χ0n) is 24.6. The first-order chi connectivity index (χ1) is 21.6. The Morgan fingerprint density at radius 3 is 1.74 bits per heavy atom. The number of aryl methyl sites for hydroxylation is 1. The molecule has 0 aromatic carbocycles. The van der Waals surface area contributed by atoms with Gasteiger partial charge in [0.25, 0.3) is 0 Å². The monoisotopic (exact) mass is 697 g/mol. The lowest BCUT2D eigenvalue weighted by atomic mass is 9.98. The second-order valence-electron chi connectivity index (χ2n) is 11.0. The molecule has 12 nitrogen and oxygen atoms in total. The van der Waals surface area contributed by atoms with E-state index in [1.165, 1.54) is 42.6 Å². The maximum absolute atomic E-state index is 10.6. The van der Waals surface area contributed by atoms with Crippen LogP contribution in [-0.4, -0.2) is 95.7 Å². The van der Waals surface area contributed by atoms with Gasteiger partial charge >= 0.3 is 36.4 Å². The van der Waals surface area contributed by atoms with Gasteiger partial charge in [-0.3, -0.25) is 9.58 Å². The van der Waals surface area contributed by atoms with Crippen LogP contribution in [0.25, 0.3) is 0 Å². The summed E-state index contributed by atoms with van der Waals surface area (Å²) in [6.45, 7) is 5.81. The normalized spacial score (nSPS) is 18.0. The fourth-order valence-corrected chi connectivity index (χ4v) is 4.15. The van der Waals surface area contributed by atoms with E-state index in [9.17, 15) is 39.5 Å². The number of aliphatic carboxylic acids is 3. The van der Waals surface area contributed by atoms with Crippen LogP contribution in [-0.2, 0) is 45.8 Å². The molecule has 0 bridgehead atoms. The molecule has 2 aromatic rings. The zero-order chi connectivity index (χ0) is 35.7. The van der Waals surface area contributed by atoms with Gasteiger partial charge in [-0.25, -0.2) is 19.4 Å². The van der Waals surface area contributed by atoms with Crippen molar-refractivity contribution in [1.29, 1.82) is 0 Å². The summed E-state index contributed by atoms with van der Waals surface area (Å²) in [5.74, 6) is -6.15. The first-order valence-corrected chi connectivity index (χ1v) is 13.8. The van der Waals surface area contributed by atoms with E-state index in [-0.39, 0.29) is 0 Å². The zero-order valence-corrected chi connectivity index (χ0v) is 24.6. The Hall–Kier alpha value is -3.88. The molecule has 3 N–H and O–H groups in total. The molecule has 21 heteroatoms. The molecule has 0 saturated heterocycles. The van der Waals surface area contributed by atoms with E-state index < -0.39 is 36.4 Å². The average Bonchev–Trinajstić information content (AvgIpc) is 3.85. The van der Waals surface area contributed by atoms with E-state index >= 15 is 0 Å². The molecule has 3 heterocycles. The number of hydrogen-bond acceptors (Lipinski definition) is 7. The number of carbonyl (C=O) groups is 3. The molecule has 1 atom stereocenters. The highest BCUT2D eigenvalue weighted by atomic mass is 19.4. The number of alkyl halides is 9. The second-order valence-corrected chi connectivity index (χ2v) is 11.0. The average molecular weight is 698 g/mol. The standard InChI is InChI=1S/C20H29N5O.3C2HF3O2/c1-23-7-17(6-22-23)8-24-10-18(13-26-12-16-4-5-16)20-19(11-24)21-14-25(20)9-15-2-3-15;3*3-2(4,5)1(6)7/h6-7,14-16,18H,2-5,8-13H2,1H3;3*(H,6,7). The molecule has 0 amide bonds. The van der Waals surface area contributed by atoms with Crippen LogP contribution in [0.4, 0.5) is 39.5 Å². The molecule has 3 aliphatic rings. The lowest BCUT2D eigenvalue weighted by Crippen LogP contribution is -2.36. The predicted octanol–water partition coefficient (Wildman–Crippen LogP) is 4.45. The quantitative estimate of drug-likeness (QED) is 0.337. The van der Waals surface area contributed by atoms with Crippen LogP contribution in [0, 0.1) is 11.8 Å². The van der Waals surface area contributed by atoms with Crippen LogP contribution in [0.1, 0.15) is 48.6 Å². The Kier molecular flexibility index (Phi) is 13.6. The summed E-state index contributed by atoms with van der Waals surface area (Å²) >= 11 is 0. The molecule has 2 saturated carbocycles. The van der Waals surface area contributed by atoms with Crippen molar-refractivity contribution in [2.75, 3.05) is 19.8 Å². The Morgan fingerprint density at radius 1 is 0.851 bits per heavy atom. The Bertz CT molecular complexity index is 1280. The van der Waals surface area contributed by atoms with Gasteiger partial charge in [0.2, 0.25) is 0 Å². The number of carboxylic acids is 3. The maximum atomic E-state index is 10.6. The SMILES string of the molecule is Cn1cc(CN2Cc3ncn(CC4CC4)c3C(COCC3CC3)C2)cn1.O=C(O)C(F)(F)F.O=C(O)C(F)(F)F.O=C(O)C(F)(F)F. The smallest absolute Gasteiger partial charge is 0.475 e. The van der Waals surface area contributed by atoms with Crippen molar-refractivity contribution in [2.45, 2.75) is 69.8 Å². The third-order valence-corrected chi connectivity index (χ3v) is 6.61.